The van der Waals surface area contributed by atoms with Gasteiger partial charge in [-0.1, -0.05) is 29.5 Å². The summed E-state index contributed by atoms with van der Waals surface area (Å²) < 4.78 is 5.10. The second kappa shape index (κ2) is 11.1. The van der Waals surface area contributed by atoms with Crippen LogP contribution in [0.5, 0.6) is 0 Å². The lowest BCUT2D eigenvalue weighted by Crippen LogP contribution is -2.41. The first-order chi connectivity index (χ1) is 16.5. The maximum absolute atomic E-state index is 12.4. The third-order valence-electron chi connectivity index (χ3n) is 4.74. The predicted molar refractivity (Wildman–Crippen MR) is 136 cm³/mol. The number of hydrogen-bond donors (Lipinski definition) is 4. The summed E-state index contributed by atoms with van der Waals surface area (Å²) in [5.74, 6) is 6.03. The van der Waals surface area contributed by atoms with E-state index in [0.717, 1.165) is 10.8 Å². The minimum absolute atomic E-state index is 0.0356. The number of halogens is 1. The SMILES string of the molecule is CC(C)(C)OC(=O)NCC(O)CNC(=O)c1ccc(C#Cc2c(N)ncc3ccc(Cl)cc23)cc1. The minimum Gasteiger partial charge on any atom is -0.444 e. The number of aliphatic hydroxyl groups excluding tert-OH is 1. The maximum atomic E-state index is 12.4. The molecule has 0 fully saturated rings. The van der Waals surface area contributed by atoms with E-state index in [-0.39, 0.29) is 19.0 Å². The summed E-state index contributed by atoms with van der Waals surface area (Å²) in [5.41, 5.74) is 7.06. The number of benzene rings is 2. The Kier molecular flexibility index (Phi) is 8.18. The molecule has 1 heterocycles. The zero-order chi connectivity index (χ0) is 25.6. The molecule has 0 aliphatic carbocycles. The third kappa shape index (κ3) is 7.60. The normalized spacial score (nSPS) is 11.8. The van der Waals surface area contributed by atoms with Crippen molar-refractivity contribution < 1.29 is 19.4 Å². The van der Waals surface area contributed by atoms with Crippen molar-refractivity contribution in [2.24, 2.45) is 0 Å². The molecule has 0 spiro atoms. The van der Waals surface area contributed by atoms with Crippen molar-refractivity contribution in [3.63, 3.8) is 0 Å². The van der Waals surface area contributed by atoms with E-state index in [9.17, 15) is 14.7 Å². The number of ether oxygens (including phenoxy) is 1. The van der Waals surface area contributed by atoms with Crippen LogP contribution < -0.4 is 16.4 Å². The van der Waals surface area contributed by atoms with E-state index in [1.54, 1.807) is 63.4 Å². The fraction of sp³-hybridized carbons (Fsp3) is 0.269. The standard InChI is InChI=1S/C26H27ClN4O4/c1-26(2,3)35-25(34)31-15-20(32)14-30-24(33)17-7-4-16(5-8-17)6-11-21-22-12-19(27)10-9-18(22)13-29-23(21)28/h4-5,7-10,12-13,20,32H,14-15H2,1-3H3,(H2,28,29)(H,30,33)(H,31,34). The van der Waals surface area contributed by atoms with Gasteiger partial charge >= 0.3 is 6.09 Å². The van der Waals surface area contributed by atoms with Crippen LogP contribution >= 0.6 is 11.6 Å². The van der Waals surface area contributed by atoms with Gasteiger partial charge in [-0.3, -0.25) is 4.79 Å². The van der Waals surface area contributed by atoms with Crippen LogP contribution in [0.4, 0.5) is 10.6 Å². The first-order valence-corrected chi connectivity index (χ1v) is 11.3. The van der Waals surface area contributed by atoms with Crippen molar-refractivity contribution in [2.75, 3.05) is 18.8 Å². The van der Waals surface area contributed by atoms with Gasteiger partial charge in [-0.15, -0.1) is 0 Å². The van der Waals surface area contributed by atoms with Gasteiger partial charge in [0.05, 0.1) is 11.7 Å². The van der Waals surface area contributed by atoms with Crippen LogP contribution in [0.25, 0.3) is 10.8 Å². The Hall–Kier alpha value is -3.80. The number of alkyl carbamates (subject to hydrolysis) is 1. The summed E-state index contributed by atoms with van der Waals surface area (Å²) >= 11 is 6.12. The highest BCUT2D eigenvalue weighted by atomic mass is 35.5. The molecule has 2 aromatic carbocycles. The number of carbonyl (C=O) groups excluding carboxylic acids is 2. The van der Waals surface area contributed by atoms with Crippen LogP contribution in [0.3, 0.4) is 0 Å². The lowest BCUT2D eigenvalue weighted by atomic mass is 10.1. The van der Waals surface area contributed by atoms with Crippen molar-refractivity contribution in [1.82, 2.24) is 15.6 Å². The molecule has 2 amide bonds. The minimum atomic E-state index is -0.968. The molecular weight excluding hydrogens is 468 g/mol. The Morgan fingerprint density at radius 1 is 1.11 bits per heavy atom. The molecular formula is C26H27ClN4O4. The van der Waals surface area contributed by atoms with Gasteiger partial charge < -0.3 is 26.2 Å². The lowest BCUT2D eigenvalue weighted by molar-refractivity contribution is 0.0492. The number of hydrogen-bond acceptors (Lipinski definition) is 6. The maximum Gasteiger partial charge on any atom is 0.407 e. The zero-order valence-corrected chi connectivity index (χ0v) is 20.4. The topological polar surface area (TPSA) is 127 Å². The molecule has 0 bridgehead atoms. The van der Waals surface area contributed by atoms with Gasteiger partial charge in [0.1, 0.15) is 11.4 Å². The van der Waals surface area contributed by atoms with Gasteiger partial charge in [0.25, 0.3) is 5.91 Å². The summed E-state index contributed by atoms with van der Waals surface area (Å²) in [6, 6.07) is 12.1. The van der Waals surface area contributed by atoms with Gasteiger partial charge in [0, 0.05) is 46.2 Å². The van der Waals surface area contributed by atoms with Crippen molar-refractivity contribution in [1.29, 1.82) is 0 Å². The van der Waals surface area contributed by atoms with Crippen molar-refractivity contribution in [2.45, 2.75) is 32.5 Å². The number of nitrogens with one attached hydrogen (secondary N) is 2. The van der Waals surface area contributed by atoms with Gasteiger partial charge in [-0.25, -0.2) is 9.78 Å². The summed E-state index contributed by atoms with van der Waals surface area (Å²) in [4.78, 5) is 28.2. The monoisotopic (exact) mass is 494 g/mol. The van der Waals surface area contributed by atoms with E-state index in [1.165, 1.54) is 0 Å². The van der Waals surface area contributed by atoms with E-state index < -0.39 is 17.8 Å². The number of pyridine rings is 1. The number of aliphatic hydroxyl groups is 1. The smallest absolute Gasteiger partial charge is 0.407 e. The fourth-order valence-corrected chi connectivity index (χ4v) is 3.24. The number of fused-ring (bicyclic) bond motifs is 1. The lowest BCUT2D eigenvalue weighted by Gasteiger charge is -2.20. The highest BCUT2D eigenvalue weighted by molar-refractivity contribution is 6.31. The average Bonchev–Trinajstić information content (AvgIpc) is 2.80. The molecule has 0 aliphatic heterocycles. The Bertz CT molecular complexity index is 1290. The zero-order valence-electron chi connectivity index (χ0n) is 19.7. The molecule has 3 rings (SSSR count). The van der Waals surface area contributed by atoms with E-state index in [4.69, 9.17) is 22.1 Å². The Morgan fingerprint density at radius 2 is 1.80 bits per heavy atom. The van der Waals surface area contributed by atoms with Crippen molar-refractivity contribution in [3.05, 3.63) is 70.4 Å². The largest absolute Gasteiger partial charge is 0.444 e. The van der Waals surface area contributed by atoms with Crippen LogP contribution in [-0.2, 0) is 4.74 Å². The molecule has 0 aliphatic rings. The van der Waals surface area contributed by atoms with Crippen molar-refractivity contribution >= 4 is 40.2 Å². The number of carbonyl (C=O) groups is 2. The van der Waals surface area contributed by atoms with E-state index in [1.807, 2.05) is 6.07 Å². The highest BCUT2D eigenvalue weighted by Crippen LogP contribution is 2.24. The molecule has 1 aromatic heterocycles. The molecule has 0 radical (unpaired) electrons. The van der Waals surface area contributed by atoms with Gasteiger partial charge in [0.2, 0.25) is 0 Å². The fourth-order valence-electron chi connectivity index (χ4n) is 3.07. The number of amides is 2. The second-order valence-electron chi connectivity index (χ2n) is 8.82. The molecule has 1 atom stereocenters. The summed E-state index contributed by atoms with van der Waals surface area (Å²) in [5, 5.41) is 17.4. The van der Waals surface area contributed by atoms with Crippen LogP contribution in [0.2, 0.25) is 5.02 Å². The van der Waals surface area contributed by atoms with Crippen LogP contribution in [0, 0.1) is 11.8 Å². The first-order valence-electron chi connectivity index (χ1n) is 10.9. The molecule has 0 saturated carbocycles. The summed E-state index contributed by atoms with van der Waals surface area (Å²) in [7, 11) is 0. The summed E-state index contributed by atoms with van der Waals surface area (Å²) in [6.07, 6.45) is 0.0676. The molecule has 35 heavy (non-hydrogen) atoms. The number of rotatable bonds is 5. The first kappa shape index (κ1) is 25.8. The van der Waals surface area contributed by atoms with Crippen LogP contribution in [0.1, 0.15) is 42.3 Å². The number of aromatic nitrogens is 1. The number of nitrogens with zero attached hydrogens (tertiary/aromatic N) is 1. The van der Waals surface area contributed by atoms with Crippen molar-refractivity contribution in [3.8, 4) is 11.8 Å². The Labute approximate surface area is 208 Å². The Balaban J connectivity index is 1.59. The van der Waals surface area contributed by atoms with Gasteiger partial charge in [-0.05, 0) is 57.2 Å². The summed E-state index contributed by atoms with van der Waals surface area (Å²) in [6.45, 7) is 5.14. The van der Waals surface area contributed by atoms with Gasteiger partial charge in [0.15, 0.2) is 0 Å². The molecule has 9 heteroatoms. The van der Waals surface area contributed by atoms with Crippen LogP contribution in [0.15, 0.2) is 48.7 Å². The highest BCUT2D eigenvalue weighted by Gasteiger charge is 2.17. The number of anilines is 1. The van der Waals surface area contributed by atoms with Gasteiger partial charge in [-0.2, -0.15) is 0 Å². The second-order valence-corrected chi connectivity index (χ2v) is 9.26. The van der Waals surface area contributed by atoms with E-state index in [2.05, 4.69) is 27.5 Å². The molecule has 182 valence electrons. The number of nitrogen functional groups attached to an aromatic ring is 1. The molecule has 8 nitrogen and oxygen atoms in total. The quantitative estimate of drug-likeness (QED) is 0.402. The molecule has 0 saturated heterocycles. The average molecular weight is 495 g/mol. The van der Waals surface area contributed by atoms with E-state index >= 15 is 0 Å². The Morgan fingerprint density at radius 3 is 2.49 bits per heavy atom. The number of nitrogens with two attached hydrogens (primary N) is 1. The van der Waals surface area contributed by atoms with Crippen LogP contribution in [-0.4, -0.2) is 46.9 Å². The molecule has 1 unspecified atom stereocenters. The van der Waals surface area contributed by atoms with E-state index in [0.29, 0.717) is 27.5 Å². The molecule has 3 aromatic rings. The third-order valence-corrected chi connectivity index (χ3v) is 4.98. The molecule has 5 N–H and O–H groups in total. The predicted octanol–water partition coefficient (Wildman–Crippen LogP) is 3.49.